The van der Waals surface area contributed by atoms with Crippen LogP contribution in [0.2, 0.25) is 5.02 Å². The molecule has 2 N–H and O–H groups in total. The molecule has 0 atom stereocenters. The Morgan fingerprint density at radius 1 is 1.00 bits per heavy atom. The molecule has 0 unspecified atom stereocenters. The van der Waals surface area contributed by atoms with Gasteiger partial charge in [0, 0.05) is 33.8 Å². The molecule has 9 heteroatoms. The van der Waals surface area contributed by atoms with E-state index in [0.29, 0.717) is 27.1 Å². The largest absolute Gasteiger partial charge is 0.326 e. The van der Waals surface area contributed by atoms with Crippen molar-refractivity contribution in [3.63, 3.8) is 0 Å². The molecule has 0 aliphatic rings. The fourth-order valence-electron chi connectivity index (χ4n) is 2.68. The Balaban J connectivity index is 1.35. The van der Waals surface area contributed by atoms with Gasteiger partial charge in [0.05, 0.1) is 17.1 Å². The lowest BCUT2D eigenvalue weighted by Crippen LogP contribution is -2.15. The Hall–Kier alpha value is -3.07. The molecule has 0 saturated heterocycles. The summed E-state index contributed by atoms with van der Waals surface area (Å²) in [5.41, 5.74) is 2.61. The van der Waals surface area contributed by atoms with Crippen molar-refractivity contribution < 1.29 is 9.59 Å². The lowest BCUT2D eigenvalue weighted by Gasteiger charge is -2.06. The van der Waals surface area contributed by atoms with Crippen molar-refractivity contribution in [1.29, 1.82) is 0 Å². The standard InChI is InChI=1S/C21H15ClN4O2S2/c22-17-4-2-1-3-16(17)20-25-15(12-30-20)11-18(27)24-14-7-5-13(6-8-14)19(28)26-21-23-9-10-29-21/h1-10,12H,11H2,(H,24,27)(H,23,26,28). The fraction of sp³-hybridized carbons (Fsp3) is 0.0476. The monoisotopic (exact) mass is 454 g/mol. The van der Waals surface area contributed by atoms with Gasteiger partial charge in [-0.1, -0.05) is 29.8 Å². The van der Waals surface area contributed by atoms with Crippen LogP contribution in [-0.2, 0) is 11.2 Å². The van der Waals surface area contributed by atoms with Crippen molar-refractivity contribution in [3.05, 3.63) is 81.8 Å². The van der Waals surface area contributed by atoms with E-state index in [2.05, 4.69) is 20.6 Å². The molecule has 150 valence electrons. The van der Waals surface area contributed by atoms with E-state index < -0.39 is 0 Å². The molecule has 6 nitrogen and oxygen atoms in total. The van der Waals surface area contributed by atoms with Crippen LogP contribution in [0.4, 0.5) is 10.8 Å². The van der Waals surface area contributed by atoms with Gasteiger partial charge < -0.3 is 5.32 Å². The van der Waals surface area contributed by atoms with Crippen molar-refractivity contribution in [3.8, 4) is 10.6 Å². The van der Waals surface area contributed by atoms with Gasteiger partial charge in [-0.3, -0.25) is 14.9 Å². The predicted octanol–water partition coefficient (Wildman–Crippen LogP) is 5.35. The zero-order chi connectivity index (χ0) is 20.9. The van der Waals surface area contributed by atoms with E-state index in [0.717, 1.165) is 10.6 Å². The molecule has 30 heavy (non-hydrogen) atoms. The Bertz CT molecular complexity index is 1170. The van der Waals surface area contributed by atoms with E-state index in [-0.39, 0.29) is 18.2 Å². The average Bonchev–Trinajstić information content (AvgIpc) is 3.41. The summed E-state index contributed by atoms with van der Waals surface area (Å²) in [4.78, 5) is 33.1. The Morgan fingerprint density at radius 3 is 2.53 bits per heavy atom. The Labute approximate surface area is 185 Å². The van der Waals surface area contributed by atoms with Gasteiger partial charge >= 0.3 is 0 Å². The van der Waals surface area contributed by atoms with Gasteiger partial charge in [0.25, 0.3) is 5.91 Å². The maximum absolute atomic E-state index is 12.4. The number of aromatic nitrogens is 2. The van der Waals surface area contributed by atoms with Gasteiger partial charge in [-0.15, -0.1) is 22.7 Å². The molecule has 0 saturated carbocycles. The number of nitrogens with zero attached hydrogens (tertiary/aromatic N) is 2. The number of anilines is 2. The molecule has 2 heterocycles. The molecular formula is C21H15ClN4O2S2. The van der Waals surface area contributed by atoms with Crippen LogP contribution in [-0.4, -0.2) is 21.8 Å². The highest BCUT2D eigenvalue weighted by Gasteiger charge is 2.12. The zero-order valence-electron chi connectivity index (χ0n) is 15.5. The van der Waals surface area contributed by atoms with Gasteiger partial charge in [-0.05, 0) is 30.3 Å². The highest BCUT2D eigenvalue weighted by molar-refractivity contribution is 7.13. The molecule has 4 rings (SSSR count). The summed E-state index contributed by atoms with van der Waals surface area (Å²) >= 11 is 9.01. The van der Waals surface area contributed by atoms with E-state index in [1.807, 2.05) is 29.6 Å². The van der Waals surface area contributed by atoms with Gasteiger partial charge in [0.2, 0.25) is 5.91 Å². The molecule has 2 aromatic carbocycles. The first-order valence-corrected chi connectivity index (χ1v) is 11.0. The number of carbonyl (C=O) groups excluding carboxylic acids is 2. The minimum absolute atomic E-state index is 0.146. The van der Waals surface area contributed by atoms with Crippen LogP contribution in [0, 0.1) is 0 Å². The molecule has 0 aliphatic heterocycles. The highest BCUT2D eigenvalue weighted by Crippen LogP contribution is 2.30. The molecule has 0 bridgehead atoms. The Kier molecular flexibility index (Phi) is 6.18. The topological polar surface area (TPSA) is 84.0 Å². The van der Waals surface area contributed by atoms with Gasteiger partial charge in [0.15, 0.2) is 5.13 Å². The van der Waals surface area contributed by atoms with Crippen molar-refractivity contribution in [2.24, 2.45) is 0 Å². The van der Waals surface area contributed by atoms with Crippen molar-refractivity contribution >= 4 is 56.9 Å². The first-order valence-electron chi connectivity index (χ1n) is 8.88. The van der Waals surface area contributed by atoms with Gasteiger partial charge in [0.1, 0.15) is 5.01 Å². The lowest BCUT2D eigenvalue weighted by atomic mass is 10.2. The molecule has 0 fully saturated rings. The molecule has 0 spiro atoms. The molecule has 4 aromatic rings. The van der Waals surface area contributed by atoms with E-state index in [9.17, 15) is 9.59 Å². The van der Waals surface area contributed by atoms with Crippen LogP contribution in [0.25, 0.3) is 10.6 Å². The van der Waals surface area contributed by atoms with E-state index in [1.54, 1.807) is 35.8 Å². The highest BCUT2D eigenvalue weighted by atomic mass is 35.5. The van der Waals surface area contributed by atoms with Gasteiger partial charge in [-0.25, -0.2) is 9.97 Å². The van der Waals surface area contributed by atoms with Crippen LogP contribution in [0.3, 0.4) is 0 Å². The van der Waals surface area contributed by atoms with Crippen molar-refractivity contribution in [2.45, 2.75) is 6.42 Å². The summed E-state index contributed by atoms with van der Waals surface area (Å²) < 4.78 is 0. The number of carbonyl (C=O) groups is 2. The van der Waals surface area contributed by atoms with E-state index in [1.165, 1.54) is 22.7 Å². The first-order chi connectivity index (χ1) is 14.6. The summed E-state index contributed by atoms with van der Waals surface area (Å²) in [5.74, 6) is -0.441. The third kappa shape index (κ3) is 4.91. The summed E-state index contributed by atoms with van der Waals surface area (Å²) in [6.45, 7) is 0. The Morgan fingerprint density at radius 2 is 1.80 bits per heavy atom. The summed E-state index contributed by atoms with van der Waals surface area (Å²) in [5, 5.41) is 11.1. The van der Waals surface area contributed by atoms with Crippen LogP contribution in [0.5, 0.6) is 0 Å². The van der Waals surface area contributed by atoms with E-state index in [4.69, 9.17) is 11.6 Å². The normalized spacial score (nSPS) is 10.6. The molecule has 0 aliphatic carbocycles. The van der Waals surface area contributed by atoms with Crippen molar-refractivity contribution in [1.82, 2.24) is 9.97 Å². The summed E-state index contributed by atoms with van der Waals surface area (Å²) in [6.07, 6.45) is 1.77. The number of hydrogen-bond donors (Lipinski definition) is 2. The van der Waals surface area contributed by atoms with E-state index >= 15 is 0 Å². The smallest absolute Gasteiger partial charge is 0.257 e. The second kappa shape index (κ2) is 9.17. The average molecular weight is 455 g/mol. The SMILES string of the molecule is O=C(Cc1csc(-c2ccccc2Cl)n1)Nc1ccc(C(=O)Nc2nccs2)cc1. The van der Waals surface area contributed by atoms with Crippen molar-refractivity contribution in [2.75, 3.05) is 10.6 Å². The lowest BCUT2D eigenvalue weighted by molar-refractivity contribution is -0.115. The number of amides is 2. The fourth-order valence-corrected chi connectivity index (χ4v) is 4.34. The zero-order valence-corrected chi connectivity index (χ0v) is 17.9. The van der Waals surface area contributed by atoms with Crippen LogP contribution < -0.4 is 10.6 Å². The molecule has 0 radical (unpaired) electrons. The predicted molar refractivity (Wildman–Crippen MR) is 121 cm³/mol. The molecular weight excluding hydrogens is 440 g/mol. The molecule has 2 amide bonds. The summed E-state index contributed by atoms with van der Waals surface area (Å²) in [7, 11) is 0. The summed E-state index contributed by atoms with van der Waals surface area (Å²) in [6, 6.07) is 14.1. The minimum Gasteiger partial charge on any atom is -0.326 e. The quantitative estimate of drug-likeness (QED) is 0.411. The number of nitrogens with one attached hydrogen (secondary N) is 2. The number of benzene rings is 2. The number of thiazole rings is 2. The third-order valence-corrected chi connectivity index (χ3v) is 6.02. The maximum atomic E-state index is 12.4. The minimum atomic E-state index is -0.252. The first kappa shape index (κ1) is 20.2. The van der Waals surface area contributed by atoms with Crippen LogP contribution >= 0.6 is 34.3 Å². The second-order valence-corrected chi connectivity index (χ2v) is 8.38. The van der Waals surface area contributed by atoms with Gasteiger partial charge in [-0.2, -0.15) is 0 Å². The van der Waals surface area contributed by atoms with Crippen LogP contribution in [0.15, 0.2) is 65.5 Å². The van der Waals surface area contributed by atoms with Crippen LogP contribution in [0.1, 0.15) is 16.1 Å². The number of halogens is 1. The number of rotatable bonds is 6. The number of hydrogen-bond acceptors (Lipinski definition) is 6. The molecule has 2 aromatic heterocycles. The second-order valence-electron chi connectivity index (χ2n) is 6.22. The third-order valence-electron chi connectivity index (χ3n) is 4.08. The maximum Gasteiger partial charge on any atom is 0.257 e.